The molecule has 0 saturated carbocycles. The third-order valence-corrected chi connectivity index (χ3v) is 3.90. The predicted octanol–water partition coefficient (Wildman–Crippen LogP) is -0.338. The first kappa shape index (κ1) is 18.1. The van der Waals surface area contributed by atoms with E-state index in [0.717, 1.165) is 6.20 Å². The quantitative estimate of drug-likeness (QED) is 0.594. The Balaban J connectivity index is 2.22. The summed E-state index contributed by atoms with van der Waals surface area (Å²) in [5.74, 6) is -3.86. The van der Waals surface area contributed by atoms with Crippen LogP contribution in [0.2, 0.25) is 5.02 Å². The molecule has 25 heavy (non-hydrogen) atoms. The average molecular weight is 381 g/mol. The number of ether oxygens (including phenoxy) is 2. The number of halogens is 2. The zero-order chi connectivity index (χ0) is 19.9. The topological polar surface area (TPSA) is 137 Å². The minimum Gasteiger partial charge on any atom is -0.458 e. The number of nitrogens with two attached hydrogens (primary N) is 1. The molecule has 0 unspecified atom stereocenters. The lowest BCUT2D eigenvalue weighted by Gasteiger charge is -2.22. The van der Waals surface area contributed by atoms with Crippen LogP contribution >= 0.6 is 11.6 Å². The van der Waals surface area contributed by atoms with Gasteiger partial charge in [0.25, 0.3) is 5.56 Å². The van der Waals surface area contributed by atoms with E-state index >= 15 is 0 Å². The van der Waals surface area contributed by atoms with Gasteiger partial charge >= 0.3 is 11.7 Å². The fourth-order valence-electron chi connectivity index (χ4n) is 2.13. The second kappa shape index (κ2) is 7.24. The molecule has 1 aromatic rings. The number of esters is 1. The molecule has 0 radical (unpaired) electrons. The molecule has 1 aromatic heterocycles. The Morgan fingerprint density at radius 1 is 1.72 bits per heavy atom. The maximum Gasteiger partial charge on any atom is 0.330 e. The smallest absolute Gasteiger partial charge is 0.330 e. The van der Waals surface area contributed by atoms with E-state index in [1.54, 1.807) is 13.8 Å². The second-order valence-electron chi connectivity index (χ2n) is 6.03. The SMILES string of the molecule is [2H][C@@]1(n2cc(Cl)c(=O)[nH]c2=O)O[C@](F)(COC(=O)[C@@H](N)C(C)C)C[C@H]1O. The molecular formula is C14H19ClFN3O6. The Morgan fingerprint density at radius 3 is 2.96 bits per heavy atom. The average Bonchev–Trinajstić information content (AvgIpc) is 2.78. The van der Waals surface area contributed by atoms with Crippen LogP contribution < -0.4 is 17.0 Å². The normalized spacial score (nSPS) is 31.0. The number of alkyl halides is 1. The second-order valence-corrected chi connectivity index (χ2v) is 6.43. The van der Waals surface area contributed by atoms with Crippen LogP contribution in [0, 0.1) is 5.92 Å². The Bertz CT molecular complexity index is 817. The monoisotopic (exact) mass is 380 g/mol. The lowest BCUT2D eigenvalue weighted by atomic mass is 10.1. The molecule has 2 heterocycles. The van der Waals surface area contributed by atoms with Gasteiger partial charge in [-0.3, -0.25) is 19.1 Å². The summed E-state index contributed by atoms with van der Waals surface area (Å²) in [5, 5.41) is 9.61. The summed E-state index contributed by atoms with van der Waals surface area (Å²) in [6.45, 7) is 2.41. The maximum atomic E-state index is 14.8. The van der Waals surface area contributed by atoms with Gasteiger partial charge < -0.3 is 20.3 Å². The van der Waals surface area contributed by atoms with Gasteiger partial charge in [0.1, 0.15) is 17.2 Å². The van der Waals surface area contributed by atoms with Crippen LogP contribution in [-0.2, 0) is 14.3 Å². The van der Waals surface area contributed by atoms with Gasteiger partial charge in [0.15, 0.2) is 12.8 Å². The number of carbonyl (C=O) groups excluding carboxylic acids is 1. The van der Waals surface area contributed by atoms with E-state index in [-0.39, 0.29) is 5.92 Å². The van der Waals surface area contributed by atoms with Crippen LogP contribution in [0.5, 0.6) is 0 Å². The molecule has 1 saturated heterocycles. The lowest BCUT2D eigenvalue weighted by molar-refractivity contribution is -0.196. The number of rotatable bonds is 5. The molecule has 0 aromatic carbocycles. The van der Waals surface area contributed by atoms with Crippen LogP contribution in [-0.4, -0.2) is 45.2 Å². The highest BCUT2D eigenvalue weighted by molar-refractivity contribution is 6.30. The van der Waals surface area contributed by atoms with Crippen molar-refractivity contribution in [2.45, 2.75) is 44.5 Å². The molecule has 4 N–H and O–H groups in total. The Morgan fingerprint density at radius 2 is 2.36 bits per heavy atom. The Kier molecular flexibility index (Phi) is 5.23. The van der Waals surface area contributed by atoms with Gasteiger partial charge in [-0.05, 0) is 5.92 Å². The first-order valence-corrected chi connectivity index (χ1v) is 7.79. The van der Waals surface area contributed by atoms with Crippen molar-refractivity contribution in [2.24, 2.45) is 11.7 Å². The number of carbonyl (C=O) groups is 1. The van der Waals surface area contributed by atoms with Gasteiger partial charge in [-0.15, -0.1) is 0 Å². The molecule has 9 nitrogen and oxygen atoms in total. The standard InChI is InChI=1S/C14H19ClFN3O6/c1-6(2)9(17)12(22)24-5-14(16)3-8(20)11(25-14)19-4-7(15)10(21)18-13(19)23/h4,6,8-9,11,20H,3,5,17H2,1-2H3,(H,18,21,23)/t8-,9+,11-,14+/m1/s1/i11D. The molecule has 0 spiro atoms. The minimum atomic E-state index is -2.74. The molecule has 1 aliphatic rings. The van der Waals surface area contributed by atoms with Gasteiger partial charge in [-0.1, -0.05) is 25.4 Å². The summed E-state index contributed by atoms with van der Waals surface area (Å²) < 4.78 is 33.1. The molecular weight excluding hydrogens is 361 g/mol. The number of hydrogen-bond donors (Lipinski definition) is 3. The van der Waals surface area contributed by atoms with E-state index in [4.69, 9.17) is 28.2 Å². The molecule has 1 aliphatic heterocycles. The van der Waals surface area contributed by atoms with E-state index in [9.17, 15) is 23.9 Å². The van der Waals surface area contributed by atoms with Crippen molar-refractivity contribution in [3.63, 3.8) is 0 Å². The minimum absolute atomic E-state index is 0.245. The summed E-state index contributed by atoms with van der Waals surface area (Å²) in [4.78, 5) is 36.8. The maximum absolute atomic E-state index is 14.8. The van der Waals surface area contributed by atoms with Gasteiger partial charge in [0.2, 0.25) is 5.85 Å². The first-order valence-electron chi connectivity index (χ1n) is 7.91. The van der Waals surface area contributed by atoms with Gasteiger partial charge in [-0.2, -0.15) is 0 Å². The fraction of sp³-hybridized carbons (Fsp3) is 0.643. The number of nitrogens with zero attached hydrogens (tertiary/aromatic N) is 1. The Labute approximate surface area is 147 Å². The summed E-state index contributed by atoms with van der Waals surface area (Å²) in [5.41, 5.74) is 3.55. The van der Waals surface area contributed by atoms with E-state index in [1.165, 1.54) is 0 Å². The van der Waals surface area contributed by atoms with E-state index < -0.39 is 59.5 Å². The summed E-state index contributed by atoms with van der Waals surface area (Å²) >= 11 is 5.61. The van der Waals surface area contributed by atoms with Crippen molar-refractivity contribution in [2.75, 3.05) is 6.61 Å². The number of hydrogen-bond acceptors (Lipinski definition) is 7. The number of aliphatic hydroxyl groups excluding tert-OH is 1. The summed E-state index contributed by atoms with van der Waals surface area (Å²) in [7, 11) is 0. The van der Waals surface area contributed by atoms with Gasteiger partial charge in [-0.25, -0.2) is 9.18 Å². The highest BCUT2D eigenvalue weighted by Crippen LogP contribution is 2.37. The molecule has 11 heteroatoms. The summed E-state index contributed by atoms with van der Waals surface area (Å²) in [6, 6.07) is -0.980. The van der Waals surface area contributed by atoms with Crippen molar-refractivity contribution in [3.05, 3.63) is 32.1 Å². The van der Waals surface area contributed by atoms with E-state index in [1.807, 2.05) is 4.98 Å². The van der Waals surface area contributed by atoms with Crippen molar-refractivity contribution >= 4 is 17.6 Å². The number of nitrogens with one attached hydrogen (secondary N) is 1. The van der Waals surface area contributed by atoms with Crippen LogP contribution in [0.3, 0.4) is 0 Å². The summed E-state index contributed by atoms with van der Waals surface area (Å²) in [6.07, 6.45) is -4.44. The lowest BCUT2D eigenvalue weighted by Crippen LogP contribution is -2.40. The fourth-order valence-corrected chi connectivity index (χ4v) is 2.27. The molecule has 0 bridgehead atoms. The Hall–Kier alpha value is -1.75. The highest BCUT2D eigenvalue weighted by atomic mass is 35.5. The van der Waals surface area contributed by atoms with Crippen LogP contribution in [0.25, 0.3) is 0 Å². The molecule has 0 aliphatic carbocycles. The molecule has 4 atom stereocenters. The zero-order valence-electron chi connectivity index (χ0n) is 14.5. The van der Waals surface area contributed by atoms with E-state index in [2.05, 4.69) is 0 Å². The number of aromatic amines is 1. The number of H-pyrrole nitrogens is 1. The van der Waals surface area contributed by atoms with Crippen molar-refractivity contribution in [3.8, 4) is 0 Å². The van der Waals surface area contributed by atoms with Crippen molar-refractivity contribution in [1.29, 1.82) is 0 Å². The van der Waals surface area contributed by atoms with Gasteiger partial charge in [0.05, 0.1) is 1.37 Å². The largest absolute Gasteiger partial charge is 0.458 e. The molecule has 2 rings (SSSR count). The van der Waals surface area contributed by atoms with Crippen LogP contribution in [0.1, 0.15) is 27.8 Å². The highest BCUT2D eigenvalue weighted by Gasteiger charge is 2.49. The predicted molar refractivity (Wildman–Crippen MR) is 84.7 cm³/mol. The zero-order valence-corrected chi connectivity index (χ0v) is 14.2. The molecule has 140 valence electrons. The van der Waals surface area contributed by atoms with Crippen LogP contribution in [0.15, 0.2) is 15.8 Å². The number of aromatic nitrogens is 2. The van der Waals surface area contributed by atoms with Crippen molar-refractivity contribution < 1.29 is 25.1 Å². The van der Waals surface area contributed by atoms with Crippen molar-refractivity contribution in [1.82, 2.24) is 9.55 Å². The third-order valence-electron chi connectivity index (χ3n) is 3.63. The van der Waals surface area contributed by atoms with E-state index in [0.29, 0.717) is 4.57 Å². The molecule has 0 amide bonds. The number of aliphatic hydroxyl groups is 1. The van der Waals surface area contributed by atoms with Crippen LogP contribution in [0.4, 0.5) is 4.39 Å². The first-order chi connectivity index (χ1) is 11.9. The third kappa shape index (κ3) is 4.27. The molecule has 1 fully saturated rings. The van der Waals surface area contributed by atoms with Gasteiger partial charge in [0, 0.05) is 12.6 Å².